The topological polar surface area (TPSA) is 41.6 Å². The van der Waals surface area contributed by atoms with Crippen molar-refractivity contribution in [3.63, 3.8) is 0 Å². The summed E-state index contributed by atoms with van der Waals surface area (Å²) in [5.74, 6) is 0. The highest BCUT2D eigenvalue weighted by atomic mass is 19.4. The van der Waals surface area contributed by atoms with Crippen molar-refractivity contribution in [1.29, 1.82) is 0 Å². The molecule has 1 aliphatic heterocycles. The molecule has 0 radical (unpaired) electrons. The molecule has 1 saturated heterocycles. The van der Waals surface area contributed by atoms with E-state index in [1.165, 1.54) is 4.90 Å². The third-order valence-corrected chi connectivity index (χ3v) is 2.51. The summed E-state index contributed by atoms with van der Waals surface area (Å²) in [4.78, 5) is 13.0. The molecule has 1 rings (SSSR count). The Kier molecular flexibility index (Phi) is 4.47. The summed E-state index contributed by atoms with van der Waals surface area (Å²) in [6, 6.07) is -1.55. The van der Waals surface area contributed by atoms with Crippen molar-refractivity contribution in [3.8, 4) is 0 Å². The standard InChI is InChI=1S/C11H19F3N2O2/c1-10(2,3)18-9(17)16-6-4-8(11(12,13)14)15-5-7-16/h8,15H,4-7H2,1-3H3/t8-/m1/s1. The van der Waals surface area contributed by atoms with E-state index in [2.05, 4.69) is 5.32 Å². The predicted octanol–water partition coefficient (Wildman–Crippen LogP) is 2.15. The van der Waals surface area contributed by atoms with Gasteiger partial charge in [0.2, 0.25) is 0 Å². The van der Waals surface area contributed by atoms with Gasteiger partial charge in [-0.3, -0.25) is 0 Å². The van der Waals surface area contributed by atoms with Crippen LogP contribution < -0.4 is 5.32 Å². The van der Waals surface area contributed by atoms with Gasteiger partial charge < -0.3 is 15.0 Å². The van der Waals surface area contributed by atoms with Crippen LogP contribution in [-0.2, 0) is 4.74 Å². The molecule has 1 amide bonds. The highest BCUT2D eigenvalue weighted by Crippen LogP contribution is 2.24. The van der Waals surface area contributed by atoms with E-state index in [9.17, 15) is 18.0 Å². The molecule has 18 heavy (non-hydrogen) atoms. The molecular formula is C11H19F3N2O2. The molecule has 0 aromatic rings. The lowest BCUT2D eigenvalue weighted by molar-refractivity contribution is -0.156. The first-order valence-corrected chi connectivity index (χ1v) is 5.87. The molecule has 0 aromatic heterocycles. The second-order valence-electron chi connectivity index (χ2n) is 5.30. The first kappa shape index (κ1) is 15.1. The molecule has 1 N–H and O–H groups in total. The lowest BCUT2D eigenvalue weighted by Gasteiger charge is -2.26. The van der Waals surface area contributed by atoms with Crippen LogP contribution in [0.2, 0.25) is 0 Å². The number of nitrogens with one attached hydrogen (secondary N) is 1. The number of halogens is 3. The Morgan fingerprint density at radius 2 is 1.89 bits per heavy atom. The average molecular weight is 268 g/mol. The van der Waals surface area contributed by atoms with E-state index in [0.29, 0.717) is 0 Å². The number of carbonyl (C=O) groups excluding carboxylic acids is 1. The minimum Gasteiger partial charge on any atom is -0.444 e. The maximum absolute atomic E-state index is 12.5. The highest BCUT2D eigenvalue weighted by molar-refractivity contribution is 5.68. The lowest BCUT2D eigenvalue weighted by atomic mass is 10.2. The number of carbonyl (C=O) groups is 1. The molecule has 1 atom stereocenters. The fraction of sp³-hybridized carbons (Fsp3) is 0.909. The zero-order valence-corrected chi connectivity index (χ0v) is 10.8. The first-order chi connectivity index (χ1) is 8.09. The molecule has 106 valence electrons. The number of amides is 1. The van der Waals surface area contributed by atoms with Gasteiger partial charge in [-0.1, -0.05) is 0 Å². The second kappa shape index (κ2) is 5.34. The molecule has 0 aromatic carbocycles. The Balaban J connectivity index is 2.54. The third-order valence-electron chi connectivity index (χ3n) is 2.51. The van der Waals surface area contributed by atoms with Crippen LogP contribution in [0.3, 0.4) is 0 Å². The van der Waals surface area contributed by atoms with Crippen LogP contribution in [0.15, 0.2) is 0 Å². The van der Waals surface area contributed by atoms with Gasteiger partial charge in [0.1, 0.15) is 11.6 Å². The van der Waals surface area contributed by atoms with Crippen molar-refractivity contribution in [2.75, 3.05) is 19.6 Å². The van der Waals surface area contributed by atoms with Gasteiger partial charge in [-0.2, -0.15) is 13.2 Å². The number of ether oxygens (including phenoxy) is 1. The van der Waals surface area contributed by atoms with E-state index in [4.69, 9.17) is 4.74 Å². The molecule has 0 aliphatic carbocycles. The van der Waals surface area contributed by atoms with Crippen LogP contribution in [0.4, 0.5) is 18.0 Å². The van der Waals surface area contributed by atoms with E-state index in [1.54, 1.807) is 20.8 Å². The van der Waals surface area contributed by atoms with Crippen LogP contribution in [0.5, 0.6) is 0 Å². The van der Waals surface area contributed by atoms with Crippen LogP contribution in [0.1, 0.15) is 27.2 Å². The quantitative estimate of drug-likeness (QED) is 0.732. The SMILES string of the molecule is CC(C)(C)OC(=O)N1CCN[C@@H](C(F)(F)F)CC1. The van der Waals surface area contributed by atoms with Gasteiger partial charge in [-0.25, -0.2) is 4.79 Å². The minimum absolute atomic E-state index is 0.0477. The Bertz CT molecular complexity index is 300. The van der Waals surface area contributed by atoms with Crippen molar-refractivity contribution in [1.82, 2.24) is 10.2 Å². The molecule has 0 saturated carbocycles. The summed E-state index contributed by atoms with van der Waals surface area (Å²) in [5, 5.41) is 2.39. The van der Waals surface area contributed by atoms with Gasteiger partial charge in [-0.05, 0) is 27.2 Å². The first-order valence-electron chi connectivity index (χ1n) is 5.87. The Morgan fingerprint density at radius 1 is 1.28 bits per heavy atom. The zero-order valence-electron chi connectivity index (χ0n) is 10.8. The van der Waals surface area contributed by atoms with Crippen molar-refractivity contribution in [3.05, 3.63) is 0 Å². The fourth-order valence-corrected chi connectivity index (χ4v) is 1.66. The largest absolute Gasteiger partial charge is 0.444 e. The molecular weight excluding hydrogens is 249 g/mol. The van der Waals surface area contributed by atoms with Crippen molar-refractivity contribution >= 4 is 6.09 Å². The van der Waals surface area contributed by atoms with Crippen LogP contribution in [-0.4, -0.2) is 48.4 Å². The second-order valence-corrected chi connectivity index (χ2v) is 5.30. The normalized spacial score (nSPS) is 22.6. The minimum atomic E-state index is -4.27. The van der Waals surface area contributed by atoms with E-state index in [1.807, 2.05) is 0 Å². The molecule has 1 heterocycles. The Labute approximate surface area is 104 Å². The summed E-state index contributed by atoms with van der Waals surface area (Å²) >= 11 is 0. The molecule has 0 bridgehead atoms. The van der Waals surface area contributed by atoms with Crippen LogP contribution >= 0.6 is 0 Å². The van der Waals surface area contributed by atoms with Gasteiger partial charge in [-0.15, -0.1) is 0 Å². The van der Waals surface area contributed by atoms with Crippen molar-refractivity contribution in [2.24, 2.45) is 0 Å². The number of hydrogen-bond acceptors (Lipinski definition) is 3. The monoisotopic (exact) mass is 268 g/mol. The van der Waals surface area contributed by atoms with Crippen LogP contribution in [0, 0.1) is 0 Å². The fourth-order valence-electron chi connectivity index (χ4n) is 1.66. The third kappa shape index (κ3) is 4.72. The van der Waals surface area contributed by atoms with Crippen molar-refractivity contribution in [2.45, 2.75) is 45.0 Å². The molecule has 4 nitrogen and oxygen atoms in total. The van der Waals surface area contributed by atoms with E-state index in [-0.39, 0.29) is 26.1 Å². The molecule has 7 heteroatoms. The number of rotatable bonds is 0. The maximum Gasteiger partial charge on any atom is 0.410 e. The van der Waals surface area contributed by atoms with E-state index >= 15 is 0 Å². The summed E-state index contributed by atoms with van der Waals surface area (Å²) in [7, 11) is 0. The van der Waals surface area contributed by atoms with Gasteiger partial charge in [0.15, 0.2) is 0 Å². The highest BCUT2D eigenvalue weighted by Gasteiger charge is 2.40. The van der Waals surface area contributed by atoms with E-state index < -0.39 is 23.9 Å². The van der Waals surface area contributed by atoms with E-state index in [0.717, 1.165) is 0 Å². The van der Waals surface area contributed by atoms with Gasteiger partial charge >= 0.3 is 12.3 Å². The zero-order chi connectivity index (χ0) is 14.0. The maximum atomic E-state index is 12.5. The Hall–Kier alpha value is -0.980. The molecule has 0 spiro atoms. The van der Waals surface area contributed by atoms with Gasteiger partial charge in [0.05, 0.1) is 0 Å². The summed E-state index contributed by atoms with van der Waals surface area (Å²) < 4.78 is 42.7. The smallest absolute Gasteiger partial charge is 0.410 e. The molecule has 0 unspecified atom stereocenters. The molecule has 1 fully saturated rings. The van der Waals surface area contributed by atoms with Gasteiger partial charge in [0.25, 0.3) is 0 Å². The lowest BCUT2D eigenvalue weighted by Crippen LogP contribution is -2.42. The molecule has 1 aliphatic rings. The predicted molar refractivity (Wildman–Crippen MR) is 60.3 cm³/mol. The van der Waals surface area contributed by atoms with Crippen LogP contribution in [0.25, 0.3) is 0 Å². The van der Waals surface area contributed by atoms with Crippen molar-refractivity contribution < 1.29 is 22.7 Å². The number of alkyl halides is 3. The number of hydrogen-bond donors (Lipinski definition) is 1. The Morgan fingerprint density at radius 3 is 2.39 bits per heavy atom. The van der Waals surface area contributed by atoms with Gasteiger partial charge in [0, 0.05) is 19.6 Å². The summed E-state index contributed by atoms with van der Waals surface area (Å²) in [6.45, 7) is 5.55. The number of nitrogens with zero attached hydrogens (tertiary/aromatic N) is 1. The average Bonchev–Trinajstić information content (AvgIpc) is 2.38. The summed E-state index contributed by atoms with van der Waals surface area (Å²) in [5.41, 5.74) is -0.639. The summed E-state index contributed by atoms with van der Waals surface area (Å²) in [6.07, 6.45) is -4.99.